The van der Waals surface area contributed by atoms with Gasteiger partial charge in [0.1, 0.15) is 5.75 Å². The van der Waals surface area contributed by atoms with Gasteiger partial charge < -0.3 is 20.8 Å². The number of aliphatic hydroxyl groups is 1. The number of benzene rings is 1. The van der Waals surface area contributed by atoms with Crippen LogP contribution in [0.2, 0.25) is 0 Å². The minimum absolute atomic E-state index is 0.0458. The molecule has 1 aromatic carbocycles. The van der Waals surface area contributed by atoms with E-state index in [2.05, 4.69) is 10.6 Å². The van der Waals surface area contributed by atoms with E-state index in [-0.39, 0.29) is 12.3 Å². The van der Waals surface area contributed by atoms with Crippen LogP contribution in [0.3, 0.4) is 0 Å². The maximum atomic E-state index is 11.4. The van der Waals surface area contributed by atoms with E-state index in [4.69, 9.17) is 10.2 Å². The monoisotopic (exact) mass is 266 g/mol. The highest BCUT2D eigenvalue weighted by molar-refractivity contribution is 6.35. The highest BCUT2D eigenvalue weighted by atomic mass is 16.3. The van der Waals surface area contributed by atoms with Crippen molar-refractivity contribution in [3.63, 3.8) is 0 Å². The minimum atomic E-state index is -0.758. The van der Waals surface area contributed by atoms with Crippen molar-refractivity contribution in [2.45, 2.75) is 19.4 Å². The molecule has 1 unspecified atom stereocenters. The van der Waals surface area contributed by atoms with Crippen LogP contribution in [0.25, 0.3) is 0 Å². The molecule has 104 valence electrons. The summed E-state index contributed by atoms with van der Waals surface area (Å²) in [6.45, 7) is 1.89. The third-order valence-electron chi connectivity index (χ3n) is 2.40. The van der Waals surface area contributed by atoms with Gasteiger partial charge in [-0.25, -0.2) is 0 Å². The van der Waals surface area contributed by atoms with Crippen molar-refractivity contribution in [1.82, 2.24) is 10.6 Å². The summed E-state index contributed by atoms with van der Waals surface area (Å²) in [6, 6.07) is 6.61. The van der Waals surface area contributed by atoms with E-state index in [0.717, 1.165) is 5.56 Å². The fraction of sp³-hybridized carbons (Fsp3) is 0.385. The van der Waals surface area contributed by atoms with Crippen LogP contribution < -0.4 is 10.6 Å². The van der Waals surface area contributed by atoms with E-state index in [9.17, 15) is 9.59 Å². The highest BCUT2D eigenvalue weighted by Gasteiger charge is 2.12. The standard InChI is InChI=1S/C13H18N2O4/c1-9(16)8-15-13(19)12(18)14-7-6-10-2-4-11(17)5-3-10/h2-5,9,16-17H,6-8H2,1H3,(H,14,18)(H,15,19). The number of rotatable bonds is 5. The van der Waals surface area contributed by atoms with E-state index < -0.39 is 17.9 Å². The van der Waals surface area contributed by atoms with Gasteiger partial charge in [0.15, 0.2) is 0 Å². The number of hydrogen-bond acceptors (Lipinski definition) is 4. The molecule has 0 heterocycles. The number of amides is 2. The largest absolute Gasteiger partial charge is 0.508 e. The molecular weight excluding hydrogens is 248 g/mol. The summed E-state index contributed by atoms with van der Waals surface area (Å²) in [6.07, 6.45) is -0.121. The van der Waals surface area contributed by atoms with Crippen LogP contribution in [0.1, 0.15) is 12.5 Å². The molecule has 6 nitrogen and oxygen atoms in total. The topological polar surface area (TPSA) is 98.7 Å². The van der Waals surface area contributed by atoms with Gasteiger partial charge in [-0.3, -0.25) is 9.59 Å². The fourth-order valence-corrected chi connectivity index (χ4v) is 1.38. The summed E-state index contributed by atoms with van der Waals surface area (Å²) >= 11 is 0. The molecule has 0 aliphatic rings. The van der Waals surface area contributed by atoms with Gasteiger partial charge in [-0.2, -0.15) is 0 Å². The predicted molar refractivity (Wildman–Crippen MR) is 69.5 cm³/mol. The van der Waals surface area contributed by atoms with Gasteiger partial charge in [-0.15, -0.1) is 0 Å². The Morgan fingerprint density at radius 2 is 1.74 bits per heavy atom. The van der Waals surface area contributed by atoms with Crippen molar-refractivity contribution in [2.24, 2.45) is 0 Å². The van der Waals surface area contributed by atoms with Crippen LogP contribution in [-0.2, 0) is 16.0 Å². The van der Waals surface area contributed by atoms with Crippen LogP contribution in [0.5, 0.6) is 5.75 Å². The first kappa shape index (κ1) is 15.0. The molecule has 0 fully saturated rings. The lowest BCUT2D eigenvalue weighted by Gasteiger charge is -2.07. The van der Waals surface area contributed by atoms with E-state index in [1.807, 2.05) is 0 Å². The van der Waals surface area contributed by atoms with Gasteiger partial charge in [0.2, 0.25) is 0 Å². The average molecular weight is 266 g/mol. The second kappa shape index (κ2) is 7.38. The molecule has 0 aliphatic carbocycles. The maximum absolute atomic E-state index is 11.4. The van der Waals surface area contributed by atoms with Crippen molar-refractivity contribution in [3.05, 3.63) is 29.8 Å². The molecule has 0 saturated heterocycles. The molecular formula is C13H18N2O4. The lowest BCUT2D eigenvalue weighted by atomic mass is 10.1. The van der Waals surface area contributed by atoms with Crippen molar-refractivity contribution >= 4 is 11.8 Å². The van der Waals surface area contributed by atoms with Crippen LogP contribution in [0, 0.1) is 0 Å². The Labute approximate surface area is 111 Å². The zero-order chi connectivity index (χ0) is 14.3. The first-order valence-electron chi connectivity index (χ1n) is 6.01. The Kier molecular flexibility index (Phi) is 5.81. The average Bonchev–Trinajstić information content (AvgIpc) is 2.38. The number of carbonyl (C=O) groups is 2. The fourth-order valence-electron chi connectivity index (χ4n) is 1.38. The Bertz CT molecular complexity index is 429. The summed E-state index contributed by atoms with van der Waals surface area (Å²) in [7, 11) is 0. The maximum Gasteiger partial charge on any atom is 0.309 e. The summed E-state index contributed by atoms with van der Waals surface area (Å²) in [5, 5.41) is 22.8. The molecule has 1 rings (SSSR count). The van der Waals surface area contributed by atoms with Crippen LogP contribution in [-0.4, -0.2) is 41.2 Å². The third-order valence-corrected chi connectivity index (χ3v) is 2.40. The molecule has 0 aromatic heterocycles. The molecule has 2 amide bonds. The summed E-state index contributed by atoms with van der Waals surface area (Å²) in [4.78, 5) is 22.6. The number of phenolic OH excluding ortho intramolecular Hbond substituents is 1. The van der Waals surface area contributed by atoms with Gasteiger partial charge in [0, 0.05) is 13.1 Å². The van der Waals surface area contributed by atoms with Gasteiger partial charge in [-0.05, 0) is 31.0 Å². The number of aliphatic hydroxyl groups excluding tert-OH is 1. The second-order valence-electron chi connectivity index (χ2n) is 4.23. The first-order valence-corrected chi connectivity index (χ1v) is 6.01. The normalized spacial score (nSPS) is 11.7. The predicted octanol–water partition coefficient (Wildman–Crippen LogP) is -0.452. The van der Waals surface area contributed by atoms with E-state index >= 15 is 0 Å². The van der Waals surface area contributed by atoms with Gasteiger partial charge in [-0.1, -0.05) is 12.1 Å². The van der Waals surface area contributed by atoms with Gasteiger partial charge >= 0.3 is 11.8 Å². The lowest BCUT2D eigenvalue weighted by Crippen LogP contribution is -2.42. The number of hydrogen-bond donors (Lipinski definition) is 4. The van der Waals surface area contributed by atoms with Crippen molar-refractivity contribution in [1.29, 1.82) is 0 Å². The Hall–Kier alpha value is -2.08. The molecule has 6 heteroatoms. The quantitative estimate of drug-likeness (QED) is 0.542. The van der Waals surface area contributed by atoms with E-state index in [1.54, 1.807) is 24.3 Å². The second-order valence-corrected chi connectivity index (χ2v) is 4.23. The summed E-state index contributed by atoms with van der Waals surface area (Å²) < 4.78 is 0. The van der Waals surface area contributed by atoms with Crippen LogP contribution in [0.15, 0.2) is 24.3 Å². The van der Waals surface area contributed by atoms with Crippen LogP contribution >= 0.6 is 0 Å². The number of nitrogens with one attached hydrogen (secondary N) is 2. The zero-order valence-corrected chi connectivity index (χ0v) is 10.7. The Morgan fingerprint density at radius 1 is 1.16 bits per heavy atom. The Balaban J connectivity index is 2.26. The van der Waals surface area contributed by atoms with Crippen molar-refractivity contribution < 1.29 is 19.8 Å². The molecule has 19 heavy (non-hydrogen) atoms. The van der Waals surface area contributed by atoms with Crippen molar-refractivity contribution in [2.75, 3.05) is 13.1 Å². The smallest absolute Gasteiger partial charge is 0.309 e. The molecule has 0 bridgehead atoms. The summed E-state index contributed by atoms with van der Waals surface area (Å²) in [5.74, 6) is -1.30. The SMILES string of the molecule is CC(O)CNC(=O)C(=O)NCCc1ccc(O)cc1. The molecule has 4 N–H and O–H groups in total. The van der Waals surface area contributed by atoms with Gasteiger partial charge in [0.05, 0.1) is 6.10 Å². The lowest BCUT2D eigenvalue weighted by molar-refractivity contribution is -0.139. The first-order chi connectivity index (χ1) is 8.99. The third kappa shape index (κ3) is 5.87. The number of carbonyl (C=O) groups excluding carboxylic acids is 2. The molecule has 0 radical (unpaired) electrons. The number of aromatic hydroxyl groups is 1. The molecule has 0 spiro atoms. The molecule has 1 aromatic rings. The van der Waals surface area contributed by atoms with E-state index in [1.165, 1.54) is 6.92 Å². The molecule has 1 atom stereocenters. The molecule has 0 aliphatic heterocycles. The zero-order valence-electron chi connectivity index (χ0n) is 10.7. The number of phenols is 1. The highest BCUT2D eigenvalue weighted by Crippen LogP contribution is 2.09. The van der Waals surface area contributed by atoms with Crippen LogP contribution in [0.4, 0.5) is 0 Å². The van der Waals surface area contributed by atoms with E-state index in [0.29, 0.717) is 13.0 Å². The Morgan fingerprint density at radius 3 is 2.32 bits per heavy atom. The minimum Gasteiger partial charge on any atom is -0.508 e. The summed E-state index contributed by atoms with van der Waals surface area (Å²) in [5.41, 5.74) is 0.947. The molecule has 0 saturated carbocycles. The van der Waals surface area contributed by atoms with Crippen molar-refractivity contribution in [3.8, 4) is 5.75 Å². The van der Waals surface area contributed by atoms with Gasteiger partial charge in [0.25, 0.3) is 0 Å².